The molecule has 0 radical (unpaired) electrons. The maximum atomic E-state index is 11.8. The molecule has 0 unspecified atom stereocenters. The summed E-state index contributed by atoms with van der Waals surface area (Å²) >= 11 is 0. The molecule has 2 atom stereocenters. The van der Waals surface area contributed by atoms with Gasteiger partial charge in [0.2, 0.25) is 0 Å². The Hall–Kier alpha value is -0.330. The van der Waals surface area contributed by atoms with Crippen LogP contribution in [0.15, 0.2) is 0 Å². The first-order chi connectivity index (χ1) is 5.54. The van der Waals surface area contributed by atoms with Crippen LogP contribution in [0.3, 0.4) is 0 Å². The van der Waals surface area contributed by atoms with E-state index in [2.05, 4.69) is 20.8 Å². The highest BCUT2D eigenvalue weighted by Crippen LogP contribution is 2.65. The molecule has 1 nitrogen and oxygen atoms in total. The van der Waals surface area contributed by atoms with Crippen molar-refractivity contribution in [2.75, 3.05) is 0 Å². The van der Waals surface area contributed by atoms with Crippen LogP contribution in [0.1, 0.15) is 46.5 Å². The van der Waals surface area contributed by atoms with Crippen molar-refractivity contribution in [3.63, 3.8) is 0 Å². The van der Waals surface area contributed by atoms with Crippen LogP contribution in [-0.2, 0) is 4.79 Å². The van der Waals surface area contributed by atoms with Crippen LogP contribution >= 0.6 is 0 Å². The quantitative estimate of drug-likeness (QED) is 0.585. The van der Waals surface area contributed by atoms with Gasteiger partial charge in [-0.3, -0.25) is 4.79 Å². The van der Waals surface area contributed by atoms with Crippen LogP contribution in [0.2, 0.25) is 0 Å². The molecule has 12 heavy (non-hydrogen) atoms. The maximum Gasteiger partial charge on any atom is 0.139 e. The van der Waals surface area contributed by atoms with E-state index in [1.807, 2.05) is 0 Å². The molecule has 2 fully saturated rings. The third-order valence-electron chi connectivity index (χ3n) is 4.74. The number of ketones is 1. The number of Topliss-reactive ketones (excluding diaryl/α,β-unsaturated/α-hetero) is 1. The summed E-state index contributed by atoms with van der Waals surface area (Å²) in [4.78, 5) is 11.8. The third-order valence-corrected chi connectivity index (χ3v) is 4.74. The number of rotatable bonds is 1. The van der Waals surface area contributed by atoms with Gasteiger partial charge in [0, 0.05) is 11.8 Å². The Kier molecular flexibility index (Phi) is 1.47. The Morgan fingerprint density at radius 2 is 2.17 bits per heavy atom. The molecular weight excluding hydrogens is 148 g/mol. The average molecular weight is 166 g/mol. The molecule has 2 rings (SSSR count). The van der Waals surface area contributed by atoms with Crippen molar-refractivity contribution in [2.24, 2.45) is 16.7 Å². The van der Waals surface area contributed by atoms with Gasteiger partial charge in [-0.1, -0.05) is 20.8 Å². The standard InChI is InChI=1S/C11H18O/c1-4-11-6-5-8(7-9(11)12)10(11,2)3/h8H,4-7H2,1-3H3/t8-,11-/m0/s1. The van der Waals surface area contributed by atoms with Crippen molar-refractivity contribution in [2.45, 2.75) is 46.5 Å². The van der Waals surface area contributed by atoms with Crippen LogP contribution in [0, 0.1) is 16.7 Å². The molecule has 0 saturated heterocycles. The number of carbonyl (C=O) groups excluding carboxylic acids is 1. The lowest BCUT2D eigenvalue weighted by Crippen LogP contribution is -2.34. The van der Waals surface area contributed by atoms with E-state index < -0.39 is 0 Å². The van der Waals surface area contributed by atoms with E-state index in [-0.39, 0.29) is 5.41 Å². The molecule has 0 aromatic rings. The molecule has 2 aliphatic carbocycles. The minimum atomic E-state index is 0.0671. The average Bonchev–Trinajstić information content (AvgIpc) is 2.36. The van der Waals surface area contributed by atoms with Crippen molar-refractivity contribution in [1.29, 1.82) is 0 Å². The zero-order valence-corrected chi connectivity index (χ0v) is 8.31. The summed E-state index contributed by atoms with van der Waals surface area (Å²) in [6, 6.07) is 0. The van der Waals surface area contributed by atoms with E-state index in [0.717, 1.165) is 19.3 Å². The summed E-state index contributed by atoms with van der Waals surface area (Å²) in [5.74, 6) is 1.23. The Morgan fingerprint density at radius 3 is 2.42 bits per heavy atom. The van der Waals surface area contributed by atoms with E-state index in [4.69, 9.17) is 0 Å². The molecule has 0 N–H and O–H groups in total. The van der Waals surface area contributed by atoms with E-state index in [9.17, 15) is 4.79 Å². The minimum Gasteiger partial charge on any atom is -0.299 e. The van der Waals surface area contributed by atoms with Crippen molar-refractivity contribution < 1.29 is 4.79 Å². The monoisotopic (exact) mass is 166 g/mol. The van der Waals surface area contributed by atoms with Crippen LogP contribution in [0.4, 0.5) is 0 Å². The topological polar surface area (TPSA) is 17.1 Å². The van der Waals surface area contributed by atoms with Gasteiger partial charge in [-0.25, -0.2) is 0 Å². The maximum absolute atomic E-state index is 11.8. The highest BCUT2D eigenvalue weighted by molar-refractivity contribution is 5.89. The Bertz CT molecular complexity index is 229. The molecule has 0 aliphatic heterocycles. The van der Waals surface area contributed by atoms with Crippen molar-refractivity contribution in [1.82, 2.24) is 0 Å². The fourth-order valence-electron chi connectivity index (χ4n) is 3.60. The summed E-state index contributed by atoms with van der Waals surface area (Å²) < 4.78 is 0. The normalized spacial score (nSPS) is 43.9. The second-order valence-electron chi connectivity index (χ2n) is 5.02. The molecule has 0 amide bonds. The lowest BCUT2D eigenvalue weighted by molar-refractivity contribution is -0.129. The van der Waals surface area contributed by atoms with Gasteiger partial charge in [0.25, 0.3) is 0 Å². The first kappa shape index (κ1) is 8.28. The summed E-state index contributed by atoms with van der Waals surface area (Å²) in [7, 11) is 0. The van der Waals surface area contributed by atoms with Gasteiger partial charge >= 0.3 is 0 Å². The minimum absolute atomic E-state index is 0.0671. The van der Waals surface area contributed by atoms with Crippen molar-refractivity contribution in [3.05, 3.63) is 0 Å². The Balaban J connectivity index is 2.46. The van der Waals surface area contributed by atoms with E-state index in [1.165, 1.54) is 6.42 Å². The molecule has 2 saturated carbocycles. The highest BCUT2D eigenvalue weighted by atomic mass is 16.1. The van der Waals surface area contributed by atoms with Gasteiger partial charge in [-0.15, -0.1) is 0 Å². The summed E-state index contributed by atoms with van der Waals surface area (Å²) in [6.07, 6.45) is 4.35. The Labute approximate surface area is 74.5 Å². The molecule has 2 bridgehead atoms. The first-order valence-electron chi connectivity index (χ1n) is 5.08. The van der Waals surface area contributed by atoms with Crippen LogP contribution in [0.25, 0.3) is 0 Å². The number of fused-ring (bicyclic) bond motifs is 2. The summed E-state index contributed by atoms with van der Waals surface area (Å²) in [5, 5.41) is 0. The third kappa shape index (κ3) is 0.641. The molecule has 2 aliphatic rings. The van der Waals surface area contributed by atoms with Crippen molar-refractivity contribution >= 4 is 5.78 Å². The lowest BCUT2D eigenvalue weighted by atomic mass is 9.67. The second-order valence-corrected chi connectivity index (χ2v) is 5.02. The highest BCUT2D eigenvalue weighted by Gasteiger charge is 2.62. The molecule has 0 aromatic heterocycles. The Morgan fingerprint density at radius 1 is 1.50 bits per heavy atom. The fraction of sp³-hybridized carbons (Fsp3) is 0.909. The SMILES string of the molecule is CC[C@]12CC[C@@H](CC1=O)C2(C)C. The molecule has 1 heteroatoms. The number of carbonyl (C=O) groups is 1. The van der Waals surface area contributed by atoms with E-state index in [0.29, 0.717) is 17.1 Å². The van der Waals surface area contributed by atoms with Crippen molar-refractivity contribution in [3.8, 4) is 0 Å². The molecule has 68 valence electrons. The predicted molar refractivity (Wildman–Crippen MR) is 48.9 cm³/mol. The van der Waals surface area contributed by atoms with Gasteiger partial charge in [-0.05, 0) is 30.6 Å². The molecule has 0 heterocycles. The van der Waals surface area contributed by atoms with Crippen LogP contribution < -0.4 is 0 Å². The predicted octanol–water partition coefficient (Wildman–Crippen LogP) is 2.79. The van der Waals surface area contributed by atoms with Gasteiger partial charge in [0.05, 0.1) is 0 Å². The van der Waals surface area contributed by atoms with Gasteiger partial charge < -0.3 is 0 Å². The van der Waals surface area contributed by atoms with Gasteiger partial charge in [-0.2, -0.15) is 0 Å². The van der Waals surface area contributed by atoms with Crippen LogP contribution in [0.5, 0.6) is 0 Å². The molecule has 0 aromatic carbocycles. The molecule has 0 spiro atoms. The van der Waals surface area contributed by atoms with Gasteiger partial charge in [0.1, 0.15) is 5.78 Å². The largest absolute Gasteiger partial charge is 0.299 e. The molecular formula is C11H18O. The lowest BCUT2D eigenvalue weighted by Gasteiger charge is -2.35. The van der Waals surface area contributed by atoms with E-state index in [1.54, 1.807) is 0 Å². The number of hydrogen-bond donors (Lipinski definition) is 0. The number of hydrogen-bond acceptors (Lipinski definition) is 1. The van der Waals surface area contributed by atoms with Crippen LogP contribution in [-0.4, -0.2) is 5.78 Å². The second kappa shape index (κ2) is 2.12. The zero-order valence-electron chi connectivity index (χ0n) is 8.31. The van der Waals surface area contributed by atoms with E-state index >= 15 is 0 Å². The smallest absolute Gasteiger partial charge is 0.139 e. The fourth-order valence-corrected chi connectivity index (χ4v) is 3.60. The summed E-state index contributed by atoms with van der Waals surface area (Å²) in [5.41, 5.74) is 0.358. The first-order valence-corrected chi connectivity index (χ1v) is 5.08. The zero-order chi connectivity index (χ0) is 8.98. The summed E-state index contributed by atoms with van der Waals surface area (Å²) in [6.45, 7) is 6.76. The van der Waals surface area contributed by atoms with Gasteiger partial charge in [0.15, 0.2) is 0 Å².